The Morgan fingerprint density at radius 1 is 1.43 bits per heavy atom. The largest absolute Gasteiger partial charge is 0.309 e. The zero-order valence-electron chi connectivity index (χ0n) is 12.6. The monoisotopic (exact) mass is 311 g/mol. The van der Waals surface area contributed by atoms with Crippen LogP contribution in [0.3, 0.4) is 0 Å². The number of aromatic nitrogens is 1. The fourth-order valence-corrected chi connectivity index (χ4v) is 3.67. The smallest absolute Gasteiger partial charge is 0.247 e. The molecule has 0 saturated carbocycles. The molecule has 7 heteroatoms. The van der Waals surface area contributed by atoms with Gasteiger partial charge in [0, 0.05) is 19.3 Å². The molecule has 1 aliphatic rings. The predicted octanol–water partition coefficient (Wildman–Crippen LogP) is 1.40. The summed E-state index contributed by atoms with van der Waals surface area (Å²) in [7, 11) is -3.64. The number of hydrogen-bond donors (Lipinski definition) is 1. The first-order chi connectivity index (χ1) is 9.79. The molecule has 2 rings (SSSR count). The van der Waals surface area contributed by atoms with E-state index in [1.54, 1.807) is 12.3 Å². The average molecular weight is 311 g/mol. The predicted molar refractivity (Wildman–Crippen MR) is 81.4 cm³/mol. The summed E-state index contributed by atoms with van der Waals surface area (Å²) in [5.74, 6) is -0.179. The van der Waals surface area contributed by atoms with Crippen molar-refractivity contribution in [2.24, 2.45) is 0 Å². The van der Waals surface area contributed by atoms with Gasteiger partial charge in [-0.3, -0.25) is 4.79 Å². The van der Waals surface area contributed by atoms with Crippen LogP contribution in [0.1, 0.15) is 32.8 Å². The molecule has 1 aliphatic heterocycles. The molecular weight excluding hydrogens is 290 g/mol. The van der Waals surface area contributed by atoms with Gasteiger partial charge < -0.3 is 5.32 Å². The first kappa shape index (κ1) is 15.9. The van der Waals surface area contributed by atoms with Crippen LogP contribution in [0.5, 0.6) is 0 Å². The van der Waals surface area contributed by atoms with E-state index in [1.807, 2.05) is 13.0 Å². The number of nitrogens with zero attached hydrogens (tertiary/aromatic N) is 2. The molecule has 0 spiro atoms. The lowest BCUT2D eigenvalue weighted by atomic mass is 10.2. The summed E-state index contributed by atoms with van der Waals surface area (Å²) in [6, 6.07) is 3.61. The van der Waals surface area contributed by atoms with E-state index in [2.05, 4.69) is 10.3 Å². The van der Waals surface area contributed by atoms with Crippen LogP contribution < -0.4 is 5.32 Å². The summed E-state index contributed by atoms with van der Waals surface area (Å²) in [6.45, 7) is 5.84. The van der Waals surface area contributed by atoms with Gasteiger partial charge in [-0.05, 0) is 44.4 Å². The number of anilines is 1. The summed E-state index contributed by atoms with van der Waals surface area (Å²) in [4.78, 5) is 16.4. The molecule has 1 aromatic rings. The summed E-state index contributed by atoms with van der Waals surface area (Å²) < 4.78 is 24.7. The molecule has 0 radical (unpaired) electrons. The minimum absolute atomic E-state index is 0.381. The lowest BCUT2D eigenvalue weighted by molar-refractivity contribution is -0.118. The summed E-state index contributed by atoms with van der Waals surface area (Å²) >= 11 is 0. The molecule has 1 fully saturated rings. The molecule has 2 heterocycles. The number of amides is 1. The molecule has 0 bridgehead atoms. The highest BCUT2D eigenvalue weighted by molar-refractivity contribution is 7.91. The number of nitrogens with one attached hydrogen (secondary N) is 1. The van der Waals surface area contributed by atoms with Gasteiger partial charge in [0.2, 0.25) is 15.9 Å². The Morgan fingerprint density at radius 3 is 2.62 bits per heavy atom. The van der Waals surface area contributed by atoms with Crippen molar-refractivity contribution in [1.29, 1.82) is 0 Å². The Morgan fingerprint density at radius 2 is 2.10 bits per heavy atom. The maximum absolute atomic E-state index is 12.4. The number of sulfonamides is 1. The van der Waals surface area contributed by atoms with Crippen molar-refractivity contribution in [3.05, 3.63) is 23.9 Å². The molecule has 1 saturated heterocycles. The molecule has 6 nitrogen and oxygen atoms in total. The molecule has 1 aromatic heterocycles. The van der Waals surface area contributed by atoms with E-state index in [9.17, 15) is 13.2 Å². The minimum Gasteiger partial charge on any atom is -0.309 e. The molecule has 116 valence electrons. The molecule has 1 amide bonds. The number of pyridine rings is 1. The summed E-state index contributed by atoms with van der Waals surface area (Å²) in [5.41, 5.74) is 1.03. The summed E-state index contributed by atoms with van der Waals surface area (Å²) in [6.07, 6.45) is 3.27. The van der Waals surface area contributed by atoms with E-state index < -0.39 is 20.7 Å². The lowest BCUT2D eigenvalue weighted by Gasteiger charge is -2.36. The van der Waals surface area contributed by atoms with E-state index in [0.717, 1.165) is 18.4 Å². The van der Waals surface area contributed by atoms with Crippen LogP contribution in [0.4, 0.5) is 5.82 Å². The Hall–Kier alpha value is -1.47. The van der Waals surface area contributed by atoms with Crippen molar-refractivity contribution in [3.8, 4) is 0 Å². The van der Waals surface area contributed by atoms with Crippen molar-refractivity contribution >= 4 is 21.7 Å². The Kier molecular flexibility index (Phi) is 4.34. The van der Waals surface area contributed by atoms with Gasteiger partial charge in [-0.25, -0.2) is 17.7 Å². The third-order valence-corrected chi connectivity index (χ3v) is 6.34. The van der Waals surface area contributed by atoms with Crippen LogP contribution in [0.25, 0.3) is 0 Å². The van der Waals surface area contributed by atoms with E-state index >= 15 is 0 Å². The van der Waals surface area contributed by atoms with E-state index in [1.165, 1.54) is 18.2 Å². The summed E-state index contributed by atoms with van der Waals surface area (Å²) in [5, 5.41) is 2.61. The zero-order chi connectivity index (χ0) is 15.7. The fraction of sp³-hybridized carbons (Fsp3) is 0.571. The molecule has 1 N–H and O–H groups in total. The van der Waals surface area contributed by atoms with Crippen LogP contribution in [0.2, 0.25) is 0 Å². The second-order valence-corrected chi connectivity index (χ2v) is 8.11. The van der Waals surface area contributed by atoms with E-state index in [-0.39, 0.29) is 0 Å². The highest BCUT2D eigenvalue weighted by Crippen LogP contribution is 2.26. The third kappa shape index (κ3) is 2.94. The van der Waals surface area contributed by atoms with Gasteiger partial charge >= 0.3 is 0 Å². The topological polar surface area (TPSA) is 79.4 Å². The van der Waals surface area contributed by atoms with Gasteiger partial charge in [0.15, 0.2) is 4.75 Å². The number of carbonyl (C=O) groups is 1. The second kappa shape index (κ2) is 5.73. The molecule has 21 heavy (non-hydrogen) atoms. The minimum atomic E-state index is -3.64. The van der Waals surface area contributed by atoms with Gasteiger partial charge in [-0.1, -0.05) is 6.92 Å². The van der Waals surface area contributed by atoms with Crippen molar-refractivity contribution in [2.45, 2.75) is 38.4 Å². The SMILES string of the molecule is CCc1ccnc(NC(=O)C(C)(C)S(=O)(=O)N2CCC2)c1. The van der Waals surface area contributed by atoms with Crippen molar-refractivity contribution in [1.82, 2.24) is 9.29 Å². The quantitative estimate of drug-likeness (QED) is 0.891. The van der Waals surface area contributed by atoms with Crippen LogP contribution in [-0.2, 0) is 21.2 Å². The van der Waals surface area contributed by atoms with Crippen LogP contribution in [-0.4, -0.2) is 41.5 Å². The molecule has 0 aliphatic carbocycles. The van der Waals surface area contributed by atoms with Crippen molar-refractivity contribution < 1.29 is 13.2 Å². The zero-order valence-corrected chi connectivity index (χ0v) is 13.4. The Labute approximate surface area is 125 Å². The Bertz CT molecular complexity index is 637. The number of carbonyl (C=O) groups excluding carboxylic acids is 1. The van der Waals surface area contributed by atoms with Crippen LogP contribution in [0.15, 0.2) is 18.3 Å². The molecule has 0 aromatic carbocycles. The van der Waals surface area contributed by atoms with Gasteiger partial charge in [-0.15, -0.1) is 0 Å². The average Bonchev–Trinajstić information content (AvgIpc) is 2.36. The van der Waals surface area contributed by atoms with Crippen molar-refractivity contribution in [2.75, 3.05) is 18.4 Å². The maximum Gasteiger partial charge on any atom is 0.247 e. The lowest BCUT2D eigenvalue weighted by Crippen LogP contribution is -2.55. The van der Waals surface area contributed by atoms with Gasteiger partial charge in [0.05, 0.1) is 0 Å². The number of hydrogen-bond acceptors (Lipinski definition) is 4. The fourth-order valence-electron chi connectivity index (χ4n) is 2.00. The standard InChI is InChI=1S/C14H21N3O3S/c1-4-11-6-7-15-12(10-11)16-13(18)14(2,3)21(19,20)17-8-5-9-17/h6-7,10H,4-5,8-9H2,1-3H3,(H,15,16,18). The third-order valence-electron chi connectivity index (χ3n) is 3.82. The van der Waals surface area contributed by atoms with Crippen LogP contribution >= 0.6 is 0 Å². The highest BCUT2D eigenvalue weighted by atomic mass is 32.2. The van der Waals surface area contributed by atoms with E-state index in [4.69, 9.17) is 0 Å². The van der Waals surface area contributed by atoms with Gasteiger partial charge in [0.25, 0.3) is 0 Å². The number of aryl methyl sites for hydroxylation is 1. The highest BCUT2D eigenvalue weighted by Gasteiger charge is 2.47. The molecule has 0 unspecified atom stereocenters. The van der Waals surface area contributed by atoms with Gasteiger partial charge in [0.1, 0.15) is 5.82 Å². The molecule has 0 atom stereocenters. The Balaban J connectivity index is 2.18. The maximum atomic E-state index is 12.4. The normalized spacial score (nSPS) is 16.3. The second-order valence-electron chi connectivity index (χ2n) is 5.62. The first-order valence-corrected chi connectivity index (χ1v) is 8.49. The number of rotatable bonds is 5. The van der Waals surface area contributed by atoms with E-state index in [0.29, 0.717) is 18.9 Å². The molecular formula is C14H21N3O3S. The van der Waals surface area contributed by atoms with Gasteiger partial charge in [-0.2, -0.15) is 0 Å². The van der Waals surface area contributed by atoms with Crippen LogP contribution in [0, 0.1) is 0 Å². The van der Waals surface area contributed by atoms with Crippen molar-refractivity contribution in [3.63, 3.8) is 0 Å². The first-order valence-electron chi connectivity index (χ1n) is 7.05.